The van der Waals surface area contributed by atoms with Gasteiger partial charge in [-0.15, -0.1) is 0 Å². The average molecular weight is 265 g/mol. The topological polar surface area (TPSA) is 38.9 Å². The Labute approximate surface area is 110 Å². The van der Waals surface area contributed by atoms with E-state index in [1.807, 2.05) is 12.1 Å². The summed E-state index contributed by atoms with van der Waals surface area (Å²) in [5.74, 6) is 0. The maximum atomic E-state index is 6.09. The second-order valence-electron chi connectivity index (χ2n) is 3.71. The average Bonchev–Trinajstić information content (AvgIpc) is 2.34. The zero-order valence-corrected chi connectivity index (χ0v) is 11.1. The molecule has 17 heavy (non-hydrogen) atoms. The highest BCUT2D eigenvalue weighted by Crippen LogP contribution is 2.33. The third kappa shape index (κ3) is 3.00. The van der Waals surface area contributed by atoms with Crippen LogP contribution in [0.3, 0.4) is 0 Å². The maximum Gasteiger partial charge on any atom is 0.119 e. The summed E-state index contributed by atoms with van der Waals surface area (Å²) in [5, 5.41) is 1.48. The zero-order chi connectivity index (χ0) is 12.3. The third-order valence-corrected chi connectivity index (χ3v) is 3.92. The molecule has 0 aliphatic heterocycles. The first-order valence-electron chi connectivity index (χ1n) is 5.28. The Hall–Kier alpha value is -1.03. The lowest BCUT2D eigenvalue weighted by Crippen LogP contribution is -1.99. The van der Waals surface area contributed by atoms with Crippen LogP contribution in [-0.2, 0) is 6.54 Å². The van der Waals surface area contributed by atoms with E-state index in [9.17, 15) is 0 Å². The first kappa shape index (κ1) is 12.4. The predicted molar refractivity (Wildman–Crippen MR) is 72.4 cm³/mol. The van der Waals surface area contributed by atoms with Gasteiger partial charge >= 0.3 is 0 Å². The van der Waals surface area contributed by atoms with Crippen molar-refractivity contribution >= 4 is 23.4 Å². The number of benzene rings is 1. The molecule has 2 N–H and O–H groups in total. The molecular weight excluding hydrogens is 252 g/mol. The van der Waals surface area contributed by atoms with Crippen molar-refractivity contribution in [1.82, 2.24) is 4.98 Å². The molecule has 0 radical (unpaired) electrons. The normalized spacial score (nSPS) is 10.5. The van der Waals surface area contributed by atoms with E-state index >= 15 is 0 Å². The van der Waals surface area contributed by atoms with Crippen molar-refractivity contribution in [2.45, 2.75) is 23.4 Å². The van der Waals surface area contributed by atoms with Crippen LogP contribution in [0, 0.1) is 6.92 Å². The highest BCUT2D eigenvalue weighted by Gasteiger charge is 2.07. The smallest absolute Gasteiger partial charge is 0.119 e. The van der Waals surface area contributed by atoms with E-state index in [1.165, 1.54) is 5.56 Å². The molecule has 2 rings (SSSR count). The first-order chi connectivity index (χ1) is 8.20. The summed E-state index contributed by atoms with van der Waals surface area (Å²) in [6, 6.07) is 9.89. The molecule has 0 spiro atoms. The van der Waals surface area contributed by atoms with Gasteiger partial charge in [-0.05, 0) is 30.7 Å². The monoisotopic (exact) mass is 264 g/mol. The first-order valence-corrected chi connectivity index (χ1v) is 6.48. The van der Waals surface area contributed by atoms with Crippen LogP contribution in [0.4, 0.5) is 0 Å². The number of hydrogen-bond acceptors (Lipinski definition) is 3. The second kappa shape index (κ2) is 5.54. The van der Waals surface area contributed by atoms with Crippen LogP contribution in [0.1, 0.15) is 11.1 Å². The fourth-order valence-corrected chi connectivity index (χ4v) is 2.65. The Balaban J connectivity index is 2.33. The zero-order valence-electron chi connectivity index (χ0n) is 9.48. The molecule has 88 valence electrons. The van der Waals surface area contributed by atoms with E-state index in [2.05, 4.69) is 30.1 Å². The van der Waals surface area contributed by atoms with Crippen molar-refractivity contribution in [3.63, 3.8) is 0 Å². The van der Waals surface area contributed by atoms with Gasteiger partial charge in [-0.25, -0.2) is 4.98 Å². The Kier molecular flexibility index (Phi) is 4.05. The summed E-state index contributed by atoms with van der Waals surface area (Å²) >= 11 is 7.64. The van der Waals surface area contributed by atoms with Gasteiger partial charge in [0.15, 0.2) is 0 Å². The highest BCUT2D eigenvalue weighted by molar-refractivity contribution is 7.99. The fraction of sp³-hybridized carbons (Fsp3) is 0.154. The van der Waals surface area contributed by atoms with E-state index in [4.69, 9.17) is 17.3 Å². The van der Waals surface area contributed by atoms with Gasteiger partial charge in [-0.2, -0.15) is 0 Å². The van der Waals surface area contributed by atoms with Crippen LogP contribution in [0.2, 0.25) is 5.02 Å². The van der Waals surface area contributed by atoms with Gasteiger partial charge in [-0.3, -0.25) is 0 Å². The van der Waals surface area contributed by atoms with E-state index in [0.29, 0.717) is 11.6 Å². The number of nitrogens with two attached hydrogens (primary N) is 1. The minimum absolute atomic E-state index is 0.522. The Morgan fingerprint density at radius 3 is 2.88 bits per heavy atom. The largest absolute Gasteiger partial charge is 0.326 e. The number of halogens is 1. The molecule has 0 unspecified atom stereocenters. The molecule has 0 amide bonds. The van der Waals surface area contributed by atoms with Gasteiger partial charge in [0.1, 0.15) is 5.03 Å². The van der Waals surface area contributed by atoms with Crippen molar-refractivity contribution in [3.8, 4) is 0 Å². The van der Waals surface area contributed by atoms with Gasteiger partial charge in [0.25, 0.3) is 0 Å². The second-order valence-corrected chi connectivity index (χ2v) is 5.15. The quantitative estimate of drug-likeness (QED) is 0.920. The molecule has 0 fully saturated rings. The molecule has 1 heterocycles. The number of pyridine rings is 1. The van der Waals surface area contributed by atoms with Crippen molar-refractivity contribution in [2.75, 3.05) is 0 Å². The molecule has 0 atom stereocenters. The van der Waals surface area contributed by atoms with Gasteiger partial charge in [0.2, 0.25) is 0 Å². The molecule has 1 aromatic heterocycles. The number of rotatable bonds is 3. The standard InChI is InChI=1S/C13H13ClN2S/c1-9-4-5-12(10(7-9)8-15)17-13-11(14)3-2-6-16-13/h2-7H,8,15H2,1H3. The lowest BCUT2D eigenvalue weighted by atomic mass is 10.1. The van der Waals surface area contributed by atoms with E-state index in [1.54, 1.807) is 18.0 Å². The minimum atomic E-state index is 0.522. The summed E-state index contributed by atoms with van der Waals surface area (Å²) in [6.07, 6.45) is 1.74. The molecule has 0 saturated heterocycles. The van der Waals surface area contributed by atoms with Crippen LogP contribution in [0.5, 0.6) is 0 Å². The fourth-order valence-electron chi connectivity index (χ4n) is 1.52. The SMILES string of the molecule is Cc1ccc(Sc2ncccc2Cl)c(CN)c1. The van der Waals surface area contributed by atoms with Crippen LogP contribution < -0.4 is 5.73 Å². The summed E-state index contributed by atoms with van der Waals surface area (Å²) in [6.45, 7) is 2.58. The molecule has 1 aromatic carbocycles. The molecule has 0 bridgehead atoms. The Bertz CT molecular complexity index is 529. The van der Waals surface area contributed by atoms with Crippen LogP contribution >= 0.6 is 23.4 Å². The molecule has 0 aliphatic rings. The molecule has 4 heteroatoms. The molecule has 0 aliphatic carbocycles. The number of aromatic nitrogens is 1. The molecule has 2 nitrogen and oxygen atoms in total. The summed E-state index contributed by atoms with van der Waals surface area (Å²) < 4.78 is 0. The Morgan fingerprint density at radius 1 is 1.35 bits per heavy atom. The summed E-state index contributed by atoms with van der Waals surface area (Å²) in [5.41, 5.74) is 8.08. The van der Waals surface area contributed by atoms with Crippen molar-refractivity contribution < 1.29 is 0 Å². The van der Waals surface area contributed by atoms with Crippen molar-refractivity contribution in [1.29, 1.82) is 0 Å². The van der Waals surface area contributed by atoms with E-state index < -0.39 is 0 Å². The van der Waals surface area contributed by atoms with Gasteiger partial charge in [0, 0.05) is 17.6 Å². The number of nitrogens with zero attached hydrogens (tertiary/aromatic N) is 1. The summed E-state index contributed by atoms with van der Waals surface area (Å²) in [7, 11) is 0. The lowest BCUT2D eigenvalue weighted by Gasteiger charge is -2.08. The van der Waals surface area contributed by atoms with Gasteiger partial charge in [-0.1, -0.05) is 41.1 Å². The van der Waals surface area contributed by atoms with Crippen LogP contribution in [0.25, 0.3) is 0 Å². The number of aryl methyl sites for hydroxylation is 1. The Morgan fingerprint density at radius 2 is 2.18 bits per heavy atom. The molecular formula is C13H13ClN2S. The van der Waals surface area contributed by atoms with Crippen LogP contribution in [0.15, 0.2) is 46.5 Å². The van der Waals surface area contributed by atoms with Crippen molar-refractivity contribution in [2.24, 2.45) is 5.73 Å². The maximum absolute atomic E-state index is 6.09. The van der Waals surface area contributed by atoms with E-state index in [0.717, 1.165) is 15.5 Å². The van der Waals surface area contributed by atoms with E-state index in [-0.39, 0.29) is 0 Å². The molecule has 0 saturated carbocycles. The van der Waals surface area contributed by atoms with Gasteiger partial charge < -0.3 is 5.73 Å². The van der Waals surface area contributed by atoms with Gasteiger partial charge in [0.05, 0.1) is 5.02 Å². The highest BCUT2D eigenvalue weighted by atomic mass is 35.5. The molecule has 2 aromatic rings. The minimum Gasteiger partial charge on any atom is -0.326 e. The number of hydrogen-bond donors (Lipinski definition) is 1. The van der Waals surface area contributed by atoms with Crippen molar-refractivity contribution in [3.05, 3.63) is 52.7 Å². The predicted octanol–water partition coefficient (Wildman–Crippen LogP) is 3.65. The summed E-state index contributed by atoms with van der Waals surface area (Å²) in [4.78, 5) is 5.37. The third-order valence-electron chi connectivity index (χ3n) is 2.37. The van der Waals surface area contributed by atoms with Crippen LogP contribution in [-0.4, -0.2) is 4.98 Å². The lowest BCUT2D eigenvalue weighted by molar-refractivity contribution is 1.02.